The van der Waals surface area contributed by atoms with E-state index in [1.54, 1.807) is 0 Å². The highest BCUT2D eigenvalue weighted by Gasteiger charge is 2.07. The lowest BCUT2D eigenvalue weighted by Gasteiger charge is -2.25. The molecule has 1 heterocycles. The van der Waals surface area contributed by atoms with E-state index in [4.69, 9.17) is 11.2 Å². The fourth-order valence-corrected chi connectivity index (χ4v) is 1.04. The maximum absolute atomic E-state index is 6.71. The Morgan fingerprint density at radius 3 is 2.70 bits per heavy atom. The van der Waals surface area contributed by atoms with Gasteiger partial charge in [0.1, 0.15) is 0 Å². The molecule has 1 rings (SSSR count). The topological polar surface area (TPSA) is 12.5 Å². The molecule has 0 aliphatic carbocycles. The van der Waals surface area contributed by atoms with E-state index >= 15 is 0 Å². The molecule has 0 aromatic heterocycles. The smallest absolute Gasteiger partial charge is 0.0594 e. The predicted molar refractivity (Wildman–Crippen MR) is 39.0 cm³/mol. The molecule has 2 heteroatoms. The lowest BCUT2D eigenvalue weighted by atomic mass is 10.3. The van der Waals surface area contributed by atoms with Crippen LogP contribution in [-0.4, -0.2) is 37.7 Å². The molecule has 1 aliphatic heterocycles. The Balaban J connectivity index is 2.09. The van der Waals surface area contributed by atoms with Gasteiger partial charge in [-0.3, -0.25) is 4.90 Å². The average Bonchev–Trinajstić information content (AvgIpc) is 2.03. The maximum atomic E-state index is 6.71. The van der Waals surface area contributed by atoms with E-state index in [-0.39, 0.29) is 0 Å². The molecule has 0 saturated carbocycles. The summed E-state index contributed by atoms with van der Waals surface area (Å²) in [6.45, 7) is 4.69. The molecule has 1 saturated heterocycles. The molecule has 1 fully saturated rings. The largest absolute Gasteiger partial charge is 0.379 e. The predicted octanol–water partition coefficient (Wildman–Crippen LogP) is 0.298. The highest BCUT2D eigenvalue weighted by molar-refractivity contribution is 4.77. The summed E-state index contributed by atoms with van der Waals surface area (Å²) >= 11 is 0. The highest BCUT2D eigenvalue weighted by atomic mass is 16.5. The number of morpholine rings is 1. The van der Waals surface area contributed by atoms with E-state index in [1.807, 2.05) is 0 Å². The fraction of sp³-hybridized carbons (Fsp3) is 0.750. The maximum Gasteiger partial charge on any atom is 0.0594 e. The Bertz CT molecular complexity index is 122. The van der Waals surface area contributed by atoms with E-state index in [2.05, 4.69) is 10.8 Å². The van der Waals surface area contributed by atoms with Gasteiger partial charge in [0.05, 0.1) is 13.2 Å². The van der Waals surface area contributed by atoms with Gasteiger partial charge in [0.15, 0.2) is 0 Å². The number of hydrogen-bond acceptors (Lipinski definition) is 2. The third-order valence-electron chi connectivity index (χ3n) is 1.66. The molecule has 55 valence electrons. The highest BCUT2D eigenvalue weighted by Crippen LogP contribution is 1.96. The Hall–Kier alpha value is -0.520. The van der Waals surface area contributed by atoms with E-state index in [9.17, 15) is 0 Å². The van der Waals surface area contributed by atoms with Crippen LogP contribution in [0.15, 0.2) is 0 Å². The lowest BCUT2D eigenvalue weighted by molar-refractivity contribution is 0.0390. The SMILES string of the molecule is [C]#CCCN1CCOCC1. The van der Waals surface area contributed by atoms with Crippen molar-refractivity contribution < 1.29 is 4.74 Å². The van der Waals surface area contributed by atoms with Crippen molar-refractivity contribution in [1.29, 1.82) is 0 Å². The van der Waals surface area contributed by atoms with Crippen LogP contribution in [0.4, 0.5) is 0 Å². The molecule has 0 N–H and O–H groups in total. The summed E-state index contributed by atoms with van der Waals surface area (Å²) in [5.41, 5.74) is 0. The third kappa shape index (κ3) is 2.38. The van der Waals surface area contributed by atoms with Gasteiger partial charge in [-0.2, -0.15) is 0 Å². The van der Waals surface area contributed by atoms with E-state index < -0.39 is 0 Å². The second-order valence-corrected chi connectivity index (χ2v) is 2.38. The van der Waals surface area contributed by atoms with Crippen LogP contribution in [0.3, 0.4) is 0 Å². The summed E-state index contributed by atoms with van der Waals surface area (Å²) in [6.07, 6.45) is 7.46. The number of ether oxygens (including phenoxy) is 1. The molecule has 0 aromatic carbocycles. The van der Waals surface area contributed by atoms with Gasteiger partial charge in [-0.25, -0.2) is 0 Å². The van der Waals surface area contributed by atoms with Crippen LogP contribution in [0, 0.1) is 12.3 Å². The third-order valence-corrected chi connectivity index (χ3v) is 1.66. The van der Waals surface area contributed by atoms with Gasteiger partial charge in [0, 0.05) is 26.1 Å². The van der Waals surface area contributed by atoms with Gasteiger partial charge in [0.25, 0.3) is 0 Å². The summed E-state index contributed by atoms with van der Waals surface area (Å²) in [7, 11) is 0. The zero-order valence-electron chi connectivity index (χ0n) is 6.10. The van der Waals surface area contributed by atoms with Crippen LogP contribution in [-0.2, 0) is 4.74 Å². The van der Waals surface area contributed by atoms with Gasteiger partial charge in [-0.05, 0) is 6.42 Å². The second kappa shape index (κ2) is 4.32. The molecule has 0 bridgehead atoms. The first-order valence-corrected chi connectivity index (χ1v) is 3.63. The molecule has 10 heavy (non-hydrogen) atoms. The minimum atomic E-state index is 0.750. The van der Waals surface area contributed by atoms with Crippen molar-refractivity contribution in [2.75, 3.05) is 32.8 Å². The molecule has 0 aromatic rings. The van der Waals surface area contributed by atoms with Crippen LogP contribution in [0.2, 0.25) is 0 Å². The Morgan fingerprint density at radius 2 is 2.10 bits per heavy atom. The van der Waals surface area contributed by atoms with Crippen LogP contribution >= 0.6 is 0 Å². The molecular formula is C8H12NO. The number of nitrogens with zero attached hydrogens (tertiary/aromatic N) is 1. The first kappa shape index (κ1) is 7.59. The van der Waals surface area contributed by atoms with E-state index in [1.165, 1.54) is 0 Å². The second-order valence-electron chi connectivity index (χ2n) is 2.38. The van der Waals surface area contributed by atoms with Gasteiger partial charge >= 0.3 is 0 Å². The molecule has 2 nitrogen and oxygen atoms in total. The van der Waals surface area contributed by atoms with E-state index in [0.29, 0.717) is 0 Å². The van der Waals surface area contributed by atoms with E-state index in [0.717, 1.165) is 39.3 Å². The monoisotopic (exact) mass is 138 g/mol. The zero-order valence-corrected chi connectivity index (χ0v) is 6.10. The molecule has 1 aliphatic rings. The van der Waals surface area contributed by atoms with Gasteiger partial charge in [-0.15, -0.1) is 0 Å². The summed E-state index contributed by atoms with van der Waals surface area (Å²) in [4.78, 5) is 2.30. The number of rotatable bonds is 2. The number of hydrogen-bond donors (Lipinski definition) is 0. The van der Waals surface area contributed by atoms with Crippen LogP contribution in [0.1, 0.15) is 6.42 Å². The van der Waals surface area contributed by atoms with Crippen molar-refractivity contribution in [2.45, 2.75) is 6.42 Å². The lowest BCUT2D eigenvalue weighted by Crippen LogP contribution is -2.36. The minimum Gasteiger partial charge on any atom is -0.379 e. The first-order valence-electron chi connectivity index (χ1n) is 3.63. The fourth-order valence-electron chi connectivity index (χ4n) is 1.04. The molecular weight excluding hydrogens is 126 g/mol. The Morgan fingerprint density at radius 1 is 1.40 bits per heavy atom. The Labute approximate surface area is 62.2 Å². The minimum absolute atomic E-state index is 0.750. The summed E-state index contributed by atoms with van der Waals surface area (Å²) in [6, 6.07) is 0. The normalized spacial score (nSPS) is 20.3. The van der Waals surface area contributed by atoms with Crippen molar-refractivity contribution in [3.05, 3.63) is 6.42 Å². The van der Waals surface area contributed by atoms with Gasteiger partial charge in [0.2, 0.25) is 0 Å². The van der Waals surface area contributed by atoms with Crippen molar-refractivity contribution in [2.24, 2.45) is 0 Å². The standard InChI is InChI=1S/C8H12NO/c1-2-3-4-9-5-7-10-8-6-9/h3-8H2. The van der Waals surface area contributed by atoms with Crippen molar-refractivity contribution >= 4 is 0 Å². The molecule has 0 atom stereocenters. The molecule has 0 spiro atoms. The van der Waals surface area contributed by atoms with Crippen molar-refractivity contribution in [1.82, 2.24) is 4.90 Å². The van der Waals surface area contributed by atoms with Crippen LogP contribution < -0.4 is 0 Å². The average molecular weight is 138 g/mol. The van der Waals surface area contributed by atoms with Gasteiger partial charge < -0.3 is 4.74 Å². The van der Waals surface area contributed by atoms with Crippen molar-refractivity contribution in [3.8, 4) is 5.92 Å². The Kier molecular flexibility index (Phi) is 3.28. The first-order chi connectivity index (χ1) is 4.93. The molecule has 0 unspecified atom stereocenters. The summed E-state index contributed by atoms with van der Waals surface area (Å²) < 4.78 is 5.17. The molecule has 0 amide bonds. The summed E-state index contributed by atoms with van der Waals surface area (Å²) in [5.74, 6) is 2.38. The van der Waals surface area contributed by atoms with Crippen molar-refractivity contribution in [3.63, 3.8) is 0 Å². The van der Waals surface area contributed by atoms with Gasteiger partial charge in [-0.1, -0.05) is 5.92 Å². The quantitative estimate of drug-likeness (QED) is 0.509. The van der Waals surface area contributed by atoms with Crippen LogP contribution in [0.5, 0.6) is 0 Å². The zero-order chi connectivity index (χ0) is 7.23. The summed E-state index contributed by atoms with van der Waals surface area (Å²) in [5, 5.41) is 0. The molecule has 1 radical (unpaired) electrons. The van der Waals surface area contributed by atoms with Crippen LogP contribution in [0.25, 0.3) is 0 Å².